The number of rotatable bonds is 3. The van der Waals surface area contributed by atoms with Crippen molar-refractivity contribution in [3.63, 3.8) is 0 Å². The first-order valence-electron chi connectivity index (χ1n) is 6.45. The number of nitrogens with zero attached hydrogens (tertiary/aromatic N) is 2. The van der Waals surface area contributed by atoms with Gasteiger partial charge < -0.3 is 0 Å². The van der Waals surface area contributed by atoms with Crippen LogP contribution in [-0.4, -0.2) is 15.6 Å². The number of para-hydroxylation sites is 1. The molecule has 0 bridgehead atoms. The molecular formula is C16H12ClFN2O. The minimum Gasteiger partial charge on any atom is -0.292 e. The van der Waals surface area contributed by atoms with Gasteiger partial charge in [-0.2, -0.15) is 5.10 Å². The third-order valence-corrected chi connectivity index (χ3v) is 3.83. The van der Waals surface area contributed by atoms with E-state index in [1.165, 1.54) is 6.07 Å². The lowest BCUT2D eigenvalue weighted by Crippen LogP contribution is -2.06. The van der Waals surface area contributed by atoms with E-state index >= 15 is 0 Å². The molecule has 106 valence electrons. The Hall–Kier alpha value is -2.20. The highest BCUT2D eigenvalue weighted by atomic mass is 35.5. The van der Waals surface area contributed by atoms with Crippen LogP contribution in [0.25, 0.3) is 10.9 Å². The highest BCUT2D eigenvalue weighted by Crippen LogP contribution is 2.23. The summed E-state index contributed by atoms with van der Waals surface area (Å²) in [5, 5.41) is 5.05. The summed E-state index contributed by atoms with van der Waals surface area (Å²) in [6.45, 7) is 0. The van der Waals surface area contributed by atoms with E-state index in [1.54, 1.807) is 23.9 Å². The molecule has 3 aromatic rings. The normalized spacial score (nSPS) is 11.0. The molecule has 21 heavy (non-hydrogen) atoms. The monoisotopic (exact) mass is 302 g/mol. The van der Waals surface area contributed by atoms with Crippen LogP contribution in [0.15, 0.2) is 42.5 Å². The number of fused-ring (bicyclic) bond motifs is 1. The van der Waals surface area contributed by atoms with E-state index in [0.717, 1.165) is 10.9 Å². The molecule has 0 aliphatic heterocycles. The molecule has 5 heteroatoms. The van der Waals surface area contributed by atoms with E-state index < -0.39 is 5.82 Å². The molecule has 0 atom stereocenters. The number of benzene rings is 2. The fourth-order valence-corrected chi connectivity index (χ4v) is 2.55. The summed E-state index contributed by atoms with van der Waals surface area (Å²) in [6.07, 6.45) is 0.0254. The number of aromatic nitrogens is 2. The van der Waals surface area contributed by atoms with Crippen molar-refractivity contribution in [1.82, 2.24) is 9.78 Å². The van der Waals surface area contributed by atoms with Gasteiger partial charge in [-0.1, -0.05) is 41.9 Å². The first-order valence-corrected chi connectivity index (χ1v) is 6.83. The number of carbonyl (C=O) groups is 1. The van der Waals surface area contributed by atoms with Crippen LogP contribution in [0.3, 0.4) is 0 Å². The minimum atomic E-state index is -0.521. The topological polar surface area (TPSA) is 34.9 Å². The number of ketones is 1. The fourth-order valence-electron chi connectivity index (χ4n) is 2.36. The average Bonchev–Trinajstić information content (AvgIpc) is 2.82. The van der Waals surface area contributed by atoms with Crippen LogP contribution in [0, 0.1) is 5.82 Å². The van der Waals surface area contributed by atoms with Gasteiger partial charge in [0.15, 0.2) is 5.78 Å². The van der Waals surface area contributed by atoms with Gasteiger partial charge in [0.1, 0.15) is 11.5 Å². The molecule has 0 saturated heterocycles. The quantitative estimate of drug-likeness (QED) is 0.690. The Kier molecular flexibility index (Phi) is 3.47. The van der Waals surface area contributed by atoms with Gasteiger partial charge in [-0.15, -0.1) is 0 Å². The Bertz CT molecular complexity index is 841. The zero-order valence-corrected chi connectivity index (χ0v) is 12.1. The van der Waals surface area contributed by atoms with E-state index in [2.05, 4.69) is 5.10 Å². The molecule has 0 unspecified atom stereocenters. The third-order valence-electron chi connectivity index (χ3n) is 3.40. The zero-order valence-electron chi connectivity index (χ0n) is 11.3. The van der Waals surface area contributed by atoms with Crippen molar-refractivity contribution < 1.29 is 9.18 Å². The Labute approximate surface area is 126 Å². The third kappa shape index (κ3) is 2.43. The molecule has 0 radical (unpaired) electrons. The maximum atomic E-state index is 13.4. The zero-order chi connectivity index (χ0) is 15.0. The molecule has 0 saturated carbocycles. The molecule has 0 aliphatic rings. The predicted molar refractivity (Wildman–Crippen MR) is 80.2 cm³/mol. The van der Waals surface area contributed by atoms with Gasteiger partial charge in [-0.05, 0) is 17.7 Å². The summed E-state index contributed by atoms with van der Waals surface area (Å²) in [5.41, 5.74) is 1.73. The average molecular weight is 303 g/mol. The van der Waals surface area contributed by atoms with Gasteiger partial charge in [0, 0.05) is 18.9 Å². The molecule has 2 aromatic carbocycles. The molecule has 0 amide bonds. The molecule has 3 nitrogen and oxygen atoms in total. The second-order valence-electron chi connectivity index (χ2n) is 4.80. The number of carbonyl (C=O) groups excluding carboxylic acids is 1. The summed E-state index contributed by atoms with van der Waals surface area (Å²) in [5.74, 6) is -0.702. The summed E-state index contributed by atoms with van der Waals surface area (Å²) < 4.78 is 15.1. The number of halogens is 2. The van der Waals surface area contributed by atoms with Crippen molar-refractivity contribution in [3.05, 3.63) is 64.6 Å². The Balaban J connectivity index is 2.00. The first kappa shape index (κ1) is 13.8. The largest absolute Gasteiger partial charge is 0.292 e. The van der Waals surface area contributed by atoms with E-state index in [0.29, 0.717) is 11.3 Å². The molecule has 0 fully saturated rings. The van der Waals surface area contributed by atoms with Gasteiger partial charge in [0.2, 0.25) is 0 Å². The van der Waals surface area contributed by atoms with Crippen LogP contribution in [0.5, 0.6) is 0 Å². The van der Waals surface area contributed by atoms with Crippen LogP contribution in [0.4, 0.5) is 4.39 Å². The van der Waals surface area contributed by atoms with E-state index in [-0.39, 0.29) is 17.2 Å². The van der Waals surface area contributed by atoms with Crippen molar-refractivity contribution in [2.45, 2.75) is 6.42 Å². The van der Waals surface area contributed by atoms with E-state index in [4.69, 9.17) is 11.6 Å². The van der Waals surface area contributed by atoms with Crippen LogP contribution in [0.2, 0.25) is 5.02 Å². The Morgan fingerprint density at radius 3 is 2.81 bits per heavy atom. The lowest BCUT2D eigenvalue weighted by molar-refractivity contribution is 0.0989. The van der Waals surface area contributed by atoms with Crippen molar-refractivity contribution in [3.8, 4) is 0 Å². The minimum absolute atomic E-state index is 0.00825. The van der Waals surface area contributed by atoms with Crippen molar-refractivity contribution in [2.24, 2.45) is 7.05 Å². The summed E-state index contributed by atoms with van der Waals surface area (Å²) in [4.78, 5) is 12.4. The van der Waals surface area contributed by atoms with Crippen molar-refractivity contribution >= 4 is 28.3 Å². The molecule has 0 aliphatic carbocycles. The molecule has 0 spiro atoms. The van der Waals surface area contributed by atoms with E-state index in [1.807, 2.05) is 24.3 Å². The number of Topliss-reactive ketones (excluding diaryl/α,β-unsaturated/α-hetero) is 1. The number of hydrogen-bond acceptors (Lipinski definition) is 2. The lowest BCUT2D eigenvalue weighted by atomic mass is 10.0. The van der Waals surface area contributed by atoms with E-state index in [9.17, 15) is 9.18 Å². The molecule has 3 rings (SSSR count). The second kappa shape index (κ2) is 5.30. The molecule has 1 heterocycles. The van der Waals surface area contributed by atoms with Gasteiger partial charge >= 0.3 is 0 Å². The Morgan fingerprint density at radius 2 is 2.00 bits per heavy atom. The van der Waals surface area contributed by atoms with Crippen LogP contribution in [-0.2, 0) is 13.5 Å². The smallest absolute Gasteiger partial charge is 0.188 e. The summed E-state index contributed by atoms with van der Waals surface area (Å²) in [7, 11) is 1.79. The number of hydrogen-bond donors (Lipinski definition) is 0. The SMILES string of the molecule is Cn1nc(C(=O)Cc2cccc(F)c2Cl)c2ccccc21. The standard InChI is InChI=1S/C16H12ClFN2O/c1-20-13-8-3-2-6-11(13)16(19-20)14(21)9-10-5-4-7-12(18)15(10)17/h2-8H,9H2,1H3. The second-order valence-corrected chi connectivity index (χ2v) is 5.18. The van der Waals surface area contributed by atoms with Crippen LogP contribution in [0.1, 0.15) is 16.1 Å². The number of aryl methyl sites for hydroxylation is 1. The van der Waals surface area contributed by atoms with Gasteiger partial charge in [0.05, 0.1) is 10.5 Å². The highest BCUT2D eigenvalue weighted by molar-refractivity contribution is 6.31. The van der Waals surface area contributed by atoms with Gasteiger partial charge in [-0.25, -0.2) is 4.39 Å². The maximum Gasteiger partial charge on any atom is 0.188 e. The highest BCUT2D eigenvalue weighted by Gasteiger charge is 2.18. The van der Waals surface area contributed by atoms with Gasteiger partial charge in [0.25, 0.3) is 0 Å². The molecule has 0 N–H and O–H groups in total. The summed E-state index contributed by atoms with van der Waals surface area (Å²) >= 11 is 5.90. The van der Waals surface area contributed by atoms with Crippen molar-refractivity contribution in [1.29, 1.82) is 0 Å². The first-order chi connectivity index (χ1) is 10.1. The summed E-state index contributed by atoms with van der Waals surface area (Å²) in [6, 6.07) is 12.0. The van der Waals surface area contributed by atoms with Crippen molar-refractivity contribution in [2.75, 3.05) is 0 Å². The Morgan fingerprint density at radius 1 is 1.24 bits per heavy atom. The predicted octanol–water partition coefficient (Wildman–Crippen LogP) is 3.79. The van der Waals surface area contributed by atoms with Crippen LogP contribution >= 0.6 is 11.6 Å². The van der Waals surface area contributed by atoms with Crippen LogP contribution < -0.4 is 0 Å². The molecular weight excluding hydrogens is 291 g/mol. The fraction of sp³-hybridized carbons (Fsp3) is 0.125. The maximum absolute atomic E-state index is 13.4. The van der Waals surface area contributed by atoms with Gasteiger partial charge in [-0.3, -0.25) is 9.48 Å². The molecule has 1 aromatic heterocycles. The lowest BCUT2D eigenvalue weighted by Gasteiger charge is -2.03.